The highest BCUT2D eigenvalue weighted by Gasteiger charge is 2.12. The number of hydrogen-bond acceptors (Lipinski definition) is 7. The van der Waals surface area contributed by atoms with Gasteiger partial charge in [-0.15, -0.1) is 11.3 Å². The van der Waals surface area contributed by atoms with Crippen molar-refractivity contribution in [2.75, 3.05) is 25.0 Å². The number of rotatable bonds is 9. The van der Waals surface area contributed by atoms with E-state index in [1.165, 1.54) is 19.3 Å². The topological polar surface area (TPSA) is 71.4 Å². The lowest BCUT2D eigenvalue weighted by Gasteiger charge is -2.14. The molecular weight excluding hydrogens is 358 g/mol. The number of ether oxygens (including phenoxy) is 1. The molecule has 0 saturated carbocycles. The van der Waals surface area contributed by atoms with Gasteiger partial charge in [0.15, 0.2) is 11.1 Å². The van der Waals surface area contributed by atoms with E-state index in [0.717, 1.165) is 48.3 Å². The maximum Gasteiger partial charge on any atom is 0.223 e. The zero-order valence-corrected chi connectivity index (χ0v) is 16.6. The molecule has 3 rings (SSSR count). The molecule has 1 aliphatic rings. The normalized spacial score (nSPS) is 14.0. The van der Waals surface area contributed by atoms with Crippen LogP contribution < -0.4 is 15.4 Å². The van der Waals surface area contributed by atoms with Crippen molar-refractivity contribution in [2.45, 2.75) is 39.0 Å². The van der Waals surface area contributed by atoms with Gasteiger partial charge in [0.1, 0.15) is 6.61 Å². The second kappa shape index (κ2) is 10.7. The molecule has 7 heteroatoms. The molecule has 0 aromatic carbocycles. The van der Waals surface area contributed by atoms with Crippen molar-refractivity contribution >= 4 is 22.4 Å². The Bertz CT molecular complexity index is 771. The van der Waals surface area contributed by atoms with Crippen LogP contribution in [0.1, 0.15) is 39.0 Å². The van der Waals surface area contributed by atoms with E-state index in [0.29, 0.717) is 12.5 Å². The van der Waals surface area contributed by atoms with Gasteiger partial charge in [0.25, 0.3) is 0 Å². The summed E-state index contributed by atoms with van der Waals surface area (Å²) < 4.78 is 5.87. The highest BCUT2D eigenvalue weighted by Crippen LogP contribution is 2.30. The molecule has 0 radical (unpaired) electrons. The molecule has 0 aliphatic carbocycles. The third-order valence-corrected chi connectivity index (χ3v) is 4.89. The maximum atomic E-state index is 5.87. The first-order valence-corrected chi connectivity index (χ1v) is 10.5. The van der Waals surface area contributed by atoms with E-state index < -0.39 is 0 Å². The number of anilines is 1. The Morgan fingerprint density at radius 1 is 1.33 bits per heavy atom. The fraction of sp³-hybridized carbons (Fsp3) is 0.450. The fourth-order valence-electron chi connectivity index (χ4n) is 2.70. The first-order valence-electron chi connectivity index (χ1n) is 9.61. The second-order valence-electron chi connectivity index (χ2n) is 6.31. The summed E-state index contributed by atoms with van der Waals surface area (Å²) in [4.78, 5) is 13.5. The Balaban J connectivity index is 1.59. The number of nitrogens with one attached hydrogen (secondary N) is 2. The molecule has 0 unspecified atom stereocenters. The van der Waals surface area contributed by atoms with Crippen LogP contribution in [0.5, 0.6) is 5.88 Å². The summed E-state index contributed by atoms with van der Waals surface area (Å²) >= 11 is 1.55. The van der Waals surface area contributed by atoms with Gasteiger partial charge in [-0.2, -0.15) is 0 Å². The van der Waals surface area contributed by atoms with Crippen LogP contribution in [0.4, 0.5) is 5.13 Å². The number of nitrogens with zero attached hydrogens (tertiary/aromatic N) is 3. The molecular formula is C20H27N5OS. The van der Waals surface area contributed by atoms with Gasteiger partial charge in [0, 0.05) is 24.7 Å². The van der Waals surface area contributed by atoms with E-state index in [-0.39, 0.29) is 0 Å². The van der Waals surface area contributed by atoms with Gasteiger partial charge in [0.05, 0.1) is 11.3 Å². The molecule has 2 aromatic rings. The average molecular weight is 386 g/mol. The van der Waals surface area contributed by atoms with E-state index in [1.54, 1.807) is 17.5 Å². The number of aliphatic imine (C=N–C) groups is 1. The van der Waals surface area contributed by atoms with Gasteiger partial charge >= 0.3 is 0 Å². The Morgan fingerprint density at radius 3 is 3.15 bits per heavy atom. The van der Waals surface area contributed by atoms with Crippen molar-refractivity contribution < 1.29 is 4.74 Å². The third kappa shape index (κ3) is 6.06. The van der Waals surface area contributed by atoms with Crippen molar-refractivity contribution in [3.8, 4) is 17.1 Å². The minimum atomic E-state index is 0.520. The second-order valence-corrected chi connectivity index (χ2v) is 7.17. The summed E-state index contributed by atoms with van der Waals surface area (Å²) in [5.41, 5.74) is 1.76. The minimum Gasteiger partial charge on any atom is -0.473 e. The van der Waals surface area contributed by atoms with Gasteiger partial charge in [-0.1, -0.05) is 31.9 Å². The summed E-state index contributed by atoms with van der Waals surface area (Å²) in [5, 5.41) is 9.30. The van der Waals surface area contributed by atoms with Crippen LogP contribution in [0.3, 0.4) is 0 Å². The summed E-state index contributed by atoms with van der Waals surface area (Å²) in [7, 11) is 0. The van der Waals surface area contributed by atoms with Gasteiger partial charge in [-0.3, -0.25) is 4.99 Å². The SMILES string of the molecule is CCCCC/C=C/COc1ncccc1-c1csc(NC2=NCCCN2)n1. The van der Waals surface area contributed by atoms with Crippen molar-refractivity contribution in [3.05, 3.63) is 35.9 Å². The van der Waals surface area contributed by atoms with Crippen molar-refractivity contribution in [3.63, 3.8) is 0 Å². The fourth-order valence-corrected chi connectivity index (χ4v) is 3.41. The van der Waals surface area contributed by atoms with Gasteiger partial charge in [-0.25, -0.2) is 9.97 Å². The van der Waals surface area contributed by atoms with Crippen molar-refractivity contribution in [1.82, 2.24) is 15.3 Å². The zero-order chi connectivity index (χ0) is 18.7. The highest BCUT2D eigenvalue weighted by atomic mass is 32.1. The largest absolute Gasteiger partial charge is 0.473 e. The lowest BCUT2D eigenvalue weighted by atomic mass is 10.2. The van der Waals surface area contributed by atoms with Gasteiger partial charge in [0.2, 0.25) is 5.88 Å². The molecule has 0 atom stereocenters. The van der Waals surface area contributed by atoms with Crippen LogP contribution in [0.2, 0.25) is 0 Å². The van der Waals surface area contributed by atoms with Gasteiger partial charge in [-0.05, 0) is 31.4 Å². The molecule has 2 N–H and O–H groups in total. The Hall–Kier alpha value is -2.41. The van der Waals surface area contributed by atoms with Crippen LogP contribution >= 0.6 is 11.3 Å². The van der Waals surface area contributed by atoms with E-state index in [1.807, 2.05) is 17.5 Å². The molecule has 27 heavy (non-hydrogen) atoms. The van der Waals surface area contributed by atoms with Crippen molar-refractivity contribution in [1.29, 1.82) is 0 Å². The molecule has 6 nitrogen and oxygen atoms in total. The molecule has 2 aromatic heterocycles. The number of pyridine rings is 1. The van der Waals surface area contributed by atoms with Gasteiger partial charge < -0.3 is 15.4 Å². The van der Waals surface area contributed by atoms with Crippen LogP contribution in [0.25, 0.3) is 11.3 Å². The maximum absolute atomic E-state index is 5.87. The summed E-state index contributed by atoms with van der Waals surface area (Å²) in [5.74, 6) is 1.40. The summed E-state index contributed by atoms with van der Waals surface area (Å²) in [6.45, 7) is 4.52. The summed E-state index contributed by atoms with van der Waals surface area (Å²) in [6.07, 6.45) is 11.9. The first-order chi connectivity index (χ1) is 13.4. The monoisotopic (exact) mass is 385 g/mol. The molecule has 0 bridgehead atoms. The third-order valence-electron chi connectivity index (χ3n) is 4.13. The Morgan fingerprint density at radius 2 is 2.30 bits per heavy atom. The Labute approximate surface area is 164 Å². The first kappa shape index (κ1) is 19.4. The number of allylic oxidation sites excluding steroid dienone is 1. The predicted molar refractivity (Wildman–Crippen MR) is 113 cm³/mol. The van der Waals surface area contributed by atoms with E-state index in [2.05, 4.69) is 44.7 Å². The highest BCUT2D eigenvalue weighted by molar-refractivity contribution is 7.14. The number of aromatic nitrogens is 2. The molecule has 0 amide bonds. The predicted octanol–water partition coefficient (Wildman–Crippen LogP) is 4.48. The molecule has 3 heterocycles. The zero-order valence-electron chi connectivity index (χ0n) is 15.8. The summed E-state index contributed by atoms with van der Waals surface area (Å²) in [6, 6.07) is 3.89. The number of thiazole rings is 1. The van der Waals surface area contributed by atoms with Crippen LogP contribution in [0.15, 0.2) is 40.9 Å². The Kier molecular flexibility index (Phi) is 7.65. The molecule has 1 aliphatic heterocycles. The van der Waals surface area contributed by atoms with E-state index >= 15 is 0 Å². The van der Waals surface area contributed by atoms with E-state index in [9.17, 15) is 0 Å². The van der Waals surface area contributed by atoms with Crippen LogP contribution in [-0.4, -0.2) is 35.6 Å². The van der Waals surface area contributed by atoms with E-state index in [4.69, 9.17) is 4.74 Å². The van der Waals surface area contributed by atoms with Crippen LogP contribution in [0, 0.1) is 0 Å². The minimum absolute atomic E-state index is 0.520. The molecule has 144 valence electrons. The van der Waals surface area contributed by atoms with Crippen LogP contribution in [-0.2, 0) is 0 Å². The lowest BCUT2D eigenvalue weighted by Crippen LogP contribution is -2.35. The average Bonchev–Trinajstić information content (AvgIpc) is 3.17. The number of hydrogen-bond donors (Lipinski definition) is 2. The molecule has 0 spiro atoms. The number of unbranched alkanes of at least 4 members (excludes halogenated alkanes) is 3. The molecule has 0 fully saturated rings. The molecule has 0 saturated heterocycles. The number of guanidine groups is 1. The smallest absolute Gasteiger partial charge is 0.223 e. The quantitative estimate of drug-likeness (QED) is 0.492. The standard InChI is InChI=1S/C20H27N5OS/c1-2-3-4-5-6-7-14-26-18-16(10-8-11-21-18)17-15-27-20(24-17)25-19-22-12-9-13-23-19/h6-8,10-11,15H,2-5,9,12-14H2,1H3,(H2,22,23,24,25)/b7-6+. The van der Waals surface area contributed by atoms with Crippen molar-refractivity contribution in [2.24, 2.45) is 4.99 Å². The lowest BCUT2D eigenvalue weighted by molar-refractivity contribution is 0.349.